The highest BCUT2D eigenvalue weighted by atomic mass is 16.5. The maximum atomic E-state index is 12.2. The monoisotopic (exact) mass is 286 g/mol. The number of anilines is 1. The molecule has 0 radical (unpaired) electrons. The molecule has 1 aromatic heterocycles. The fourth-order valence-corrected chi connectivity index (χ4v) is 2.33. The van der Waals surface area contributed by atoms with Gasteiger partial charge in [0.25, 0.3) is 0 Å². The Balaban J connectivity index is 2.10. The molecule has 2 aromatic rings. The number of ether oxygens (including phenoxy) is 1. The lowest BCUT2D eigenvalue weighted by Crippen LogP contribution is -2.15. The van der Waals surface area contributed by atoms with Crippen LogP contribution >= 0.6 is 0 Å². The van der Waals surface area contributed by atoms with Crippen molar-refractivity contribution in [3.05, 3.63) is 47.3 Å². The minimum atomic E-state index is -0.0316. The molecule has 0 saturated heterocycles. The first-order valence-electron chi connectivity index (χ1n) is 7.16. The zero-order valence-corrected chi connectivity index (χ0v) is 13.1. The third-order valence-electron chi connectivity index (χ3n) is 3.69. The quantitative estimate of drug-likeness (QED) is 0.917. The van der Waals surface area contributed by atoms with E-state index >= 15 is 0 Å². The van der Waals surface area contributed by atoms with Gasteiger partial charge in [0, 0.05) is 18.4 Å². The number of aryl methyl sites for hydroxylation is 1. The van der Waals surface area contributed by atoms with Crippen LogP contribution in [0.25, 0.3) is 0 Å². The van der Waals surface area contributed by atoms with Crippen molar-refractivity contribution in [3.8, 4) is 5.75 Å². The summed E-state index contributed by atoms with van der Waals surface area (Å²) in [7, 11) is 2.01. The van der Waals surface area contributed by atoms with E-state index in [0.29, 0.717) is 18.8 Å². The molecule has 0 aliphatic heterocycles. The number of benzene rings is 1. The summed E-state index contributed by atoms with van der Waals surface area (Å²) in [6.45, 7) is 6.57. The Labute approximate surface area is 125 Å². The van der Waals surface area contributed by atoms with Crippen LogP contribution in [0.3, 0.4) is 0 Å². The van der Waals surface area contributed by atoms with Gasteiger partial charge in [-0.1, -0.05) is 12.1 Å². The van der Waals surface area contributed by atoms with Gasteiger partial charge in [0.2, 0.25) is 5.91 Å². The first-order valence-corrected chi connectivity index (χ1v) is 7.16. The molecule has 2 rings (SSSR count). The van der Waals surface area contributed by atoms with E-state index in [1.807, 2.05) is 52.1 Å². The Hall–Kier alpha value is -2.23. The van der Waals surface area contributed by atoms with Gasteiger partial charge in [-0.3, -0.25) is 4.79 Å². The Bertz CT molecular complexity index is 644. The van der Waals surface area contributed by atoms with E-state index in [9.17, 15) is 4.79 Å². The van der Waals surface area contributed by atoms with E-state index < -0.39 is 0 Å². The molecule has 112 valence electrons. The lowest BCUT2D eigenvalue weighted by atomic mass is 10.1. The van der Waals surface area contributed by atoms with Crippen LogP contribution in [0.5, 0.6) is 5.75 Å². The van der Waals surface area contributed by atoms with Crippen molar-refractivity contribution in [1.82, 2.24) is 4.57 Å². The average molecular weight is 286 g/mol. The van der Waals surface area contributed by atoms with Crippen molar-refractivity contribution in [3.63, 3.8) is 0 Å². The molecular weight excluding hydrogens is 264 g/mol. The molecule has 1 heterocycles. The fourth-order valence-electron chi connectivity index (χ4n) is 2.33. The smallest absolute Gasteiger partial charge is 0.228 e. The number of hydrogen-bond acceptors (Lipinski definition) is 2. The minimum absolute atomic E-state index is 0.0316. The van der Waals surface area contributed by atoms with Crippen LogP contribution in [0, 0.1) is 13.8 Å². The first kappa shape index (κ1) is 15.2. The van der Waals surface area contributed by atoms with Gasteiger partial charge >= 0.3 is 0 Å². The maximum absolute atomic E-state index is 12.2. The van der Waals surface area contributed by atoms with Crippen LogP contribution in [0.1, 0.15) is 23.9 Å². The molecule has 0 aliphatic rings. The topological polar surface area (TPSA) is 43.3 Å². The SMILES string of the molecule is CCOc1ccccc1NC(=O)Cc1cc(C)n(C)c1C. The number of carbonyl (C=O) groups excluding carboxylic acids is 1. The number of nitrogens with zero attached hydrogens (tertiary/aromatic N) is 1. The van der Waals surface area contributed by atoms with Gasteiger partial charge < -0.3 is 14.6 Å². The summed E-state index contributed by atoms with van der Waals surface area (Å²) < 4.78 is 7.61. The molecule has 0 fully saturated rings. The maximum Gasteiger partial charge on any atom is 0.228 e. The molecule has 1 amide bonds. The Morgan fingerprint density at radius 2 is 2.00 bits per heavy atom. The van der Waals surface area contributed by atoms with Crippen LogP contribution in [-0.2, 0) is 18.3 Å². The van der Waals surface area contributed by atoms with Crippen molar-refractivity contribution >= 4 is 11.6 Å². The third-order valence-corrected chi connectivity index (χ3v) is 3.69. The molecule has 0 atom stereocenters. The summed E-state index contributed by atoms with van der Waals surface area (Å²) in [6.07, 6.45) is 0.369. The fraction of sp³-hybridized carbons (Fsp3) is 0.353. The predicted octanol–water partition coefficient (Wildman–Crippen LogP) is 3.22. The molecule has 0 spiro atoms. The number of aromatic nitrogens is 1. The van der Waals surface area contributed by atoms with Crippen molar-refractivity contribution in [2.45, 2.75) is 27.2 Å². The molecule has 0 bridgehead atoms. The number of hydrogen-bond donors (Lipinski definition) is 1. The molecule has 0 saturated carbocycles. The largest absolute Gasteiger partial charge is 0.492 e. The van der Waals surface area contributed by atoms with Crippen molar-refractivity contribution < 1.29 is 9.53 Å². The summed E-state index contributed by atoms with van der Waals surface area (Å²) in [5.41, 5.74) is 4.06. The van der Waals surface area contributed by atoms with Gasteiger partial charge in [-0.25, -0.2) is 0 Å². The van der Waals surface area contributed by atoms with Gasteiger partial charge in [-0.2, -0.15) is 0 Å². The Morgan fingerprint density at radius 1 is 1.29 bits per heavy atom. The third kappa shape index (κ3) is 3.45. The van der Waals surface area contributed by atoms with Crippen LogP contribution in [0.2, 0.25) is 0 Å². The van der Waals surface area contributed by atoms with E-state index in [4.69, 9.17) is 4.74 Å². The molecule has 4 nitrogen and oxygen atoms in total. The summed E-state index contributed by atoms with van der Waals surface area (Å²) in [5, 5.41) is 2.93. The molecule has 1 aromatic carbocycles. The summed E-state index contributed by atoms with van der Waals surface area (Å²) in [4.78, 5) is 12.2. The second kappa shape index (κ2) is 6.48. The molecule has 0 aliphatic carbocycles. The predicted molar refractivity (Wildman–Crippen MR) is 84.8 cm³/mol. The van der Waals surface area contributed by atoms with Gasteiger partial charge in [-0.15, -0.1) is 0 Å². The molecule has 21 heavy (non-hydrogen) atoms. The lowest BCUT2D eigenvalue weighted by molar-refractivity contribution is -0.115. The number of carbonyl (C=O) groups is 1. The standard InChI is InChI=1S/C17H22N2O2/c1-5-21-16-9-7-6-8-15(16)18-17(20)11-14-10-12(2)19(4)13(14)3/h6-10H,5,11H2,1-4H3,(H,18,20). The number of amides is 1. The summed E-state index contributed by atoms with van der Waals surface area (Å²) in [6, 6.07) is 9.55. The van der Waals surface area contributed by atoms with E-state index in [1.165, 1.54) is 0 Å². The van der Waals surface area contributed by atoms with E-state index in [1.54, 1.807) is 0 Å². The molecule has 4 heteroatoms. The van der Waals surface area contributed by atoms with E-state index in [2.05, 4.69) is 16.0 Å². The van der Waals surface area contributed by atoms with Crippen molar-refractivity contribution in [2.75, 3.05) is 11.9 Å². The number of rotatable bonds is 5. The van der Waals surface area contributed by atoms with Gasteiger partial charge in [0.15, 0.2) is 0 Å². The van der Waals surface area contributed by atoms with Crippen molar-refractivity contribution in [1.29, 1.82) is 0 Å². The zero-order chi connectivity index (χ0) is 15.4. The average Bonchev–Trinajstić information content (AvgIpc) is 2.69. The molecule has 0 unspecified atom stereocenters. The molecule has 1 N–H and O–H groups in total. The highest BCUT2D eigenvalue weighted by molar-refractivity contribution is 5.93. The van der Waals surface area contributed by atoms with Gasteiger partial charge in [-0.05, 0) is 44.5 Å². The van der Waals surface area contributed by atoms with Crippen molar-refractivity contribution in [2.24, 2.45) is 7.05 Å². The normalized spacial score (nSPS) is 10.5. The van der Waals surface area contributed by atoms with Crippen LogP contribution in [0.4, 0.5) is 5.69 Å². The lowest BCUT2D eigenvalue weighted by Gasteiger charge is -2.11. The summed E-state index contributed by atoms with van der Waals surface area (Å²) in [5.74, 6) is 0.671. The minimum Gasteiger partial charge on any atom is -0.492 e. The van der Waals surface area contributed by atoms with Gasteiger partial charge in [0.05, 0.1) is 18.7 Å². The second-order valence-corrected chi connectivity index (χ2v) is 5.11. The van der Waals surface area contributed by atoms with E-state index in [-0.39, 0.29) is 5.91 Å². The van der Waals surface area contributed by atoms with Crippen LogP contribution in [-0.4, -0.2) is 17.1 Å². The summed E-state index contributed by atoms with van der Waals surface area (Å²) >= 11 is 0. The molecular formula is C17H22N2O2. The van der Waals surface area contributed by atoms with Gasteiger partial charge in [0.1, 0.15) is 5.75 Å². The Morgan fingerprint density at radius 3 is 2.62 bits per heavy atom. The zero-order valence-electron chi connectivity index (χ0n) is 13.1. The Kier molecular flexibility index (Phi) is 4.68. The highest BCUT2D eigenvalue weighted by Crippen LogP contribution is 2.24. The second-order valence-electron chi connectivity index (χ2n) is 5.11. The van der Waals surface area contributed by atoms with E-state index in [0.717, 1.165) is 22.6 Å². The number of para-hydroxylation sites is 2. The number of nitrogens with one attached hydrogen (secondary N) is 1. The highest BCUT2D eigenvalue weighted by Gasteiger charge is 2.12. The van der Waals surface area contributed by atoms with Crippen LogP contribution in [0.15, 0.2) is 30.3 Å². The first-order chi connectivity index (χ1) is 10.0. The van der Waals surface area contributed by atoms with Crippen LogP contribution < -0.4 is 10.1 Å².